The lowest BCUT2D eigenvalue weighted by Gasteiger charge is -2.41. The summed E-state index contributed by atoms with van der Waals surface area (Å²) in [6.45, 7) is 2.15. The normalized spacial score (nSPS) is 23.4. The van der Waals surface area contributed by atoms with Crippen LogP contribution < -0.4 is 4.90 Å². The van der Waals surface area contributed by atoms with Crippen molar-refractivity contribution in [2.24, 2.45) is 5.92 Å². The summed E-state index contributed by atoms with van der Waals surface area (Å²) < 4.78 is 12.9. The van der Waals surface area contributed by atoms with E-state index in [1.165, 1.54) is 4.90 Å². The molecule has 0 radical (unpaired) electrons. The molecule has 4 unspecified atom stereocenters. The first-order valence-corrected chi connectivity index (χ1v) is 13.4. The largest absolute Gasteiger partial charge is 0.396 e. The van der Waals surface area contributed by atoms with E-state index in [1.807, 2.05) is 30.3 Å². The maximum Gasteiger partial charge on any atom is 0.266 e. The highest BCUT2D eigenvalue weighted by Crippen LogP contribution is 2.43. The van der Waals surface area contributed by atoms with E-state index < -0.39 is 6.29 Å². The van der Waals surface area contributed by atoms with E-state index in [-0.39, 0.29) is 43.2 Å². The highest BCUT2D eigenvalue weighted by atomic mass is 32.2. The van der Waals surface area contributed by atoms with Gasteiger partial charge in [-0.15, -0.1) is 0 Å². The quantitative estimate of drug-likeness (QED) is 0.334. The Kier molecular flexibility index (Phi) is 7.73. The van der Waals surface area contributed by atoms with Gasteiger partial charge in [0.2, 0.25) is 0 Å². The first kappa shape index (κ1) is 25.6. The van der Waals surface area contributed by atoms with Crippen LogP contribution in [0.4, 0.5) is 5.69 Å². The SMILES string of the molecule is CC1C(CSCCO)OC(c2cccc(N3C(=O)c4ccccc4C3=O)c2)OC1c1ccc(CO)cc1. The van der Waals surface area contributed by atoms with Crippen molar-refractivity contribution in [3.05, 3.63) is 101 Å². The number of aliphatic hydroxyl groups is 2. The smallest absolute Gasteiger partial charge is 0.266 e. The molecular weight excluding hydrogens is 490 g/mol. The van der Waals surface area contributed by atoms with Crippen molar-refractivity contribution in [1.29, 1.82) is 0 Å². The number of rotatable bonds is 8. The number of nitrogens with zero attached hydrogens (tertiary/aromatic N) is 1. The van der Waals surface area contributed by atoms with Crippen molar-refractivity contribution >= 4 is 29.3 Å². The minimum absolute atomic E-state index is 0.0295. The maximum absolute atomic E-state index is 13.0. The Morgan fingerprint density at radius 1 is 0.865 bits per heavy atom. The van der Waals surface area contributed by atoms with Crippen molar-refractivity contribution in [2.75, 3.05) is 23.0 Å². The van der Waals surface area contributed by atoms with Crippen LogP contribution in [0.15, 0.2) is 72.8 Å². The molecule has 5 rings (SSSR count). The van der Waals surface area contributed by atoms with Gasteiger partial charge in [-0.05, 0) is 35.4 Å². The fourth-order valence-corrected chi connectivity index (χ4v) is 5.72. The van der Waals surface area contributed by atoms with Crippen molar-refractivity contribution in [2.45, 2.75) is 32.0 Å². The predicted molar refractivity (Wildman–Crippen MR) is 141 cm³/mol. The first-order valence-electron chi connectivity index (χ1n) is 12.3. The number of hydrogen-bond donors (Lipinski definition) is 2. The lowest BCUT2D eigenvalue weighted by Crippen LogP contribution is -2.38. The van der Waals surface area contributed by atoms with Gasteiger partial charge < -0.3 is 19.7 Å². The molecule has 1 fully saturated rings. The summed E-state index contributed by atoms with van der Waals surface area (Å²) in [5, 5.41) is 18.7. The molecule has 8 heteroatoms. The summed E-state index contributed by atoms with van der Waals surface area (Å²) in [6, 6.07) is 21.7. The van der Waals surface area contributed by atoms with Crippen molar-refractivity contribution in [3.63, 3.8) is 0 Å². The van der Waals surface area contributed by atoms with Crippen LogP contribution in [0.2, 0.25) is 0 Å². The molecule has 0 saturated carbocycles. The van der Waals surface area contributed by atoms with Gasteiger partial charge in [-0.3, -0.25) is 9.59 Å². The number of hydrogen-bond acceptors (Lipinski definition) is 7. The summed E-state index contributed by atoms with van der Waals surface area (Å²) in [5.74, 6) is 0.629. The molecular formula is C29H29NO6S. The average molecular weight is 520 g/mol. The van der Waals surface area contributed by atoms with Crippen LogP contribution >= 0.6 is 11.8 Å². The number of fused-ring (bicyclic) bond motifs is 1. The topological polar surface area (TPSA) is 96.3 Å². The summed E-state index contributed by atoms with van der Waals surface area (Å²) in [6.07, 6.45) is -1.14. The zero-order valence-corrected chi connectivity index (χ0v) is 21.3. The molecule has 192 valence electrons. The van der Waals surface area contributed by atoms with E-state index in [1.54, 1.807) is 54.2 Å². The second kappa shape index (κ2) is 11.2. The zero-order chi connectivity index (χ0) is 25.9. The van der Waals surface area contributed by atoms with Crippen LogP contribution in [-0.4, -0.2) is 46.2 Å². The number of thioether (sulfide) groups is 1. The second-order valence-corrected chi connectivity index (χ2v) is 10.4. The number of aliphatic hydroxyl groups excluding tert-OH is 2. The van der Waals surface area contributed by atoms with E-state index in [0.29, 0.717) is 33.9 Å². The molecule has 2 amide bonds. The molecule has 3 aromatic carbocycles. The van der Waals surface area contributed by atoms with Crippen LogP contribution in [0, 0.1) is 5.92 Å². The summed E-state index contributed by atoms with van der Waals surface area (Å²) >= 11 is 1.62. The van der Waals surface area contributed by atoms with Crippen LogP contribution in [0.1, 0.15) is 56.7 Å². The third-order valence-electron chi connectivity index (χ3n) is 6.84. The summed E-state index contributed by atoms with van der Waals surface area (Å²) in [5.41, 5.74) is 3.75. The maximum atomic E-state index is 13.0. The van der Waals surface area contributed by atoms with E-state index >= 15 is 0 Å². The van der Waals surface area contributed by atoms with Gasteiger partial charge in [0.25, 0.3) is 11.8 Å². The lowest BCUT2D eigenvalue weighted by molar-refractivity contribution is -0.268. The Hall–Kier alpha value is -3.01. The molecule has 0 bridgehead atoms. The van der Waals surface area contributed by atoms with Gasteiger partial charge in [0.1, 0.15) is 0 Å². The Morgan fingerprint density at radius 3 is 2.22 bits per heavy atom. The zero-order valence-electron chi connectivity index (χ0n) is 20.4. The van der Waals surface area contributed by atoms with Crippen molar-refractivity contribution in [1.82, 2.24) is 0 Å². The number of benzene rings is 3. The molecule has 37 heavy (non-hydrogen) atoms. The minimum atomic E-state index is -0.714. The van der Waals surface area contributed by atoms with Gasteiger partial charge in [-0.1, -0.05) is 55.5 Å². The molecule has 2 N–H and O–H groups in total. The van der Waals surface area contributed by atoms with Gasteiger partial charge in [0, 0.05) is 23.0 Å². The number of carbonyl (C=O) groups is 2. The molecule has 4 atom stereocenters. The van der Waals surface area contributed by atoms with Crippen LogP contribution in [0.3, 0.4) is 0 Å². The number of imide groups is 1. The van der Waals surface area contributed by atoms with Gasteiger partial charge in [0.15, 0.2) is 6.29 Å². The fraction of sp³-hybridized carbons (Fsp3) is 0.310. The Balaban J connectivity index is 1.44. The van der Waals surface area contributed by atoms with Crippen molar-refractivity contribution < 1.29 is 29.3 Å². The number of carbonyl (C=O) groups excluding carboxylic acids is 2. The molecule has 0 aromatic heterocycles. The highest BCUT2D eigenvalue weighted by molar-refractivity contribution is 7.99. The van der Waals surface area contributed by atoms with E-state index in [0.717, 1.165) is 11.1 Å². The van der Waals surface area contributed by atoms with Crippen LogP contribution in [0.25, 0.3) is 0 Å². The molecule has 2 heterocycles. The molecule has 1 saturated heterocycles. The van der Waals surface area contributed by atoms with Crippen molar-refractivity contribution in [3.8, 4) is 0 Å². The summed E-state index contributed by atoms with van der Waals surface area (Å²) in [4.78, 5) is 27.2. The molecule has 2 aliphatic rings. The molecule has 0 spiro atoms. The Morgan fingerprint density at radius 2 is 1.57 bits per heavy atom. The van der Waals surface area contributed by atoms with Crippen LogP contribution in [0.5, 0.6) is 0 Å². The number of anilines is 1. The number of amides is 2. The summed E-state index contributed by atoms with van der Waals surface area (Å²) in [7, 11) is 0. The molecule has 7 nitrogen and oxygen atoms in total. The Labute approximate surface area is 220 Å². The first-order chi connectivity index (χ1) is 18.0. The van der Waals surface area contributed by atoms with Gasteiger partial charge in [-0.2, -0.15) is 11.8 Å². The third-order valence-corrected chi connectivity index (χ3v) is 7.87. The second-order valence-electron chi connectivity index (χ2n) is 9.21. The lowest BCUT2D eigenvalue weighted by atomic mass is 9.91. The standard InChI is InChI=1S/C29H29NO6S/c1-18-25(17-37-14-13-31)35-29(36-26(18)20-11-9-19(16-32)10-12-20)21-5-4-6-22(15-21)30-27(33)23-7-2-3-8-24(23)28(30)34/h2-12,15,18,25-26,29,31-32H,13-14,16-17H2,1H3. The molecule has 0 aliphatic carbocycles. The van der Waals surface area contributed by atoms with Gasteiger partial charge in [-0.25, -0.2) is 4.90 Å². The minimum Gasteiger partial charge on any atom is -0.396 e. The van der Waals surface area contributed by atoms with Gasteiger partial charge >= 0.3 is 0 Å². The van der Waals surface area contributed by atoms with Gasteiger partial charge in [0.05, 0.1) is 42.2 Å². The number of ether oxygens (including phenoxy) is 2. The third kappa shape index (κ3) is 5.08. The average Bonchev–Trinajstić information content (AvgIpc) is 3.19. The van der Waals surface area contributed by atoms with Crippen LogP contribution in [-0.2, 0) is 16.1 Å². The fourth-order valence-electron chi connectivity index (χ4n) is 4.81. The monoisotopic (exact) mass is 519 g/mol. The van der Waals surface area contributed by atoms with E-state index in [9.17, 15) is 19.8 Å². The Bertz CT molecular complexity index is 1240. The molecule has 3 aromatic rings. The van der Waals surface area contributed by atoms with E-state index in [2.05, 4.69) is 6.92 Å². The highest BCUT2D eigenvalue weighted by Gasteiger charge is 2.40. The molecule has 2 aliphatic heterocycles. The van der Waals surface area contributed by atoms with E-state index in [4.69, 9.17) is 9.47 Å². The predicted octanol–water partition coefficient (Wildman–Crippen LogP) is 4.50.